The number of nitrogens with one attached hydrogen (secondary N) is 2. The van der Waals surface area contributed by atoms with Gasteiger partial charge in [-0.25, -0.2) is 4.79 Å². The van der Waals surface area contributed by atoms with E-state index in [1.54, 1.807) is 30.3 Å². The lowest BCUT2D eigenvalue weighted by Gasteiger charge is -2.18. The van der Waals surface area contributed by atoms with Crippen LogP contribution in [0.3, 0.4) is 0 Å². The van der Waals surface area contributed by atoms with Gasteiger partial charge in [0.2, 0.25) is 0 Å². The van der Waals surface area contributed by atoms with E-state index in [1.165, 1.54) is 0 Å². The van der Waals surface area contributed by atoms with Crippen molar-refractivity contribution in [2.75, 3.05) is 31.6 Å². The summed E-state index contributed by atoms with van der Waals surface area (Å²) in [5, 5.41) is 19.4. The second-order valence-corrected chi connectivity index (χ2v) is 7.40. The molecule has 0 saturated carbocycles. The predicted octanol–water partition coefficient (Wildman–Crippen LogP) is 2.27. The highest BCUT2D eigenvalue weighted by atomic mass is 16.5. The van der Waals surface area contributed by atoms with Crippen LogP contribution < -0.4 is 11.1 Å². The molecular weight excluding hydrogens is 408 g/mol. The van der Waals surface area contributed by atoms with Gasteiger partial charge in [0.15, 0.2) is 0 Å². The minimum atomic E-state index is -1.06. The molecule has 1 heterocycles. The van der Waals surface area contributed by atoms with E-state index >= 15 is 0 Å². The van der Waals surface area contributed by atoms with Crippen molar-refractivity contribution in [1.29, 1.82) is 5.41 Å². The number of anilines is 1. The number of hydrogen-bond donors (Lipinski definition) is 4. The minimum absolute atomic E-state index is 0.0196. The molecule has 0 aromatic heterocycles. The molecule has 8 heteroatoms. The number of aliphatic carboxylic acids is 1. The number of nitrogen functional groups attached to an aromatic ring is 1. The first-order valence-electron chi connectivity index (χ1n) is 10.3. The van der Waals surface area contributed by atoms with Crippen LogP contribution in [-0.2, 0) is 16.1 Å². The maximum Gasteiger partial charge on any atom is 0.329 e. The second-order valence-electron chi connectivity index (χ2n) is 7.40. The maximum atomic E-state index is 12.8. The molecule has 1 amide bonds. The molecule has 2 aromatic rings. The zero-order chi connectivity index (χ0) is 22.9. The van der Waals surface area contributed by atoms with E-state index in [-0.39, 0.29) is 18.3 Å². The van der Waals surface area contributed by atoms with E-state index < -0.39 is 12.6 Å². The Morgan fingerprint density at radius 1 is 1.16 bits per heavy atom. The monoisotopic (exact) mass is 434 g/mol. The highest BCUT2D eigenvalue weighted by Crippen LogP contribution is 2.19. The van der Waals surface area contributed by atoms with E-state index in [4.69, 9.17) is 21.0 Å². The van der Waals surface area contributed by atoms with E-state index in [0.29, 0.717) is 28.8 Å². The lowest BCUT2D eigenvalue weighted by atomic mass is 10.0. The summed E-state index contributed by atoms with van der Waals surface area (Å²) in [6.45, 7) is 1.46. The number of benzene rings is 2. The van der Waals surface area contributed by atoms with Crippen LogP contribution in [0, 0.1) is 17.3 Å². The Balaban J connectivity index is 1.68. The first-order valence-corrected chi connectivity index (χ1v) is 10.3. The molecule has 0 radical (unpaired) electrons. The number of amidine groups is 1. The number of amides is 1. The predicted molar refractivity (Wildman–Crippen MR) is 122 cm³/mol. The third-order valence-corrected chi connectivity index (χ3v) is 5.02. The summed E-state index contributed by atoms with van der Waals surface area (Å²) in [5.41, 5.74) is 8.83. The van der Waals surface area contributed by atoms with Crippen LogP contribution in [0.2, 0.25) is 0 Å². The van der Waals surface area contributed by atoms with E-state index in [2.05, 4.69) is 17.2 Å². The molecule has 2 aromatic carbocycles. The molecule has 0 atom stereocenters. The Labute approximate surface area is 186 Å². The molecule has 32 heavy (non-hydrogen) atoms. The number of ether oxygens (including phenoxy) is 1. The molecule has 0 unspecified atom stereocenters. The molecule has 8 nitrogen and oxygen atoms in total. The fourth-order valence-electron chi connectivity index (χ4n) is 3.40. The molecule has 0 aliphatic carbocycles. The Bertz CT molecular complexity index is 1050. The van der Waals surface area contributed by atoms with Crippen LogP contribution in [0.4, 0.5) is 5.69 Å². The maximum absolute atomic E-state index is 12.8. The number of carboxylic acid groups (broad SMARTS) is 1. The number of hydrogen-bond acceptors (Lipinski definition) is 5. The van der Waals surface area contributed by atoms with Crippen molar-refractivity contribution in [3.8, 4) is 11.8 Å². The summed E-state index contributed by atoms with van der Waals surface area (Å²) in [6, 6.07) is 12.5. The Morgan fingerprint density at radius 2 is 1.88 bits per heavy atom. The molecule has 1 fully saturated rings. The van der Waals surface area contributed by atoms with E-state index in [1.807, 2.05) is 17.0 Å². The van der Waals surface area contributed by atoms with Crippen molar-refractivity contribution in [1.82, 2.24) is 4.90 Å². The van der Waals surface area contributed by atoms with Crippen LogP contribution in [-0.4, -0.2) is 54.0 Å². The fourth-order valence-corrected chi connectivity index (χ4v) is 3.40. The van der Waals surface area contributed by atoms with Gasteiger partial charge in [0.25, 0.3) is 5.91 Å². The summed E-state index contributed by atoms with van der Waals surface area (Å²) >= 11 is 0. The normalized spacial score (nSPS) is 12.7. The lowest BCUT2D eigenvalue weighted by molar-refractivity contribution is -0.142. The summed E-state index contributed by atoms with van der Waals surface area (Å²) in [7, 11) is 0. The van der Waals surface area contributed by atoms with Gasteiger partial charge in [0, 0.05) is 35.5 Å². The third-order valence-electron chi connectivity index (χ3n) is 5.02. The molecule has 0 bridgehead atoms. The lowest BCUT2D eigenvalue weighted by Crippen LogP contribution is -2.28. The van der Waals surface area contributed by atoms with Gasteiger partial charge in [-0.3, -0.25) is 10.2 Å². The van der Waals surface area contributed by atoms with Crippen molar-refractivity contribution >= 4 is 23.4 Å². The Morgan fingerprint density at radius 3 is 2.53 bits per heavy atom. The molecule has 0 spiro atoms. The molecule has 3 rings (SSSR count). The second kappa shape index (κ2) is 11.0. The minimum Gasteiger partial charge on any atom is -0.480 e. The van der Waals surface area contributed by atoms with Crippen LogP contribution in [0.5, 0.6) is 0 Å². The zero-order valence-corrected chi connectivity index (χ0v) is 17.7. The molecule has 1 saturated heterocycles. The van der Waals surface area contributed by atoms with Gasteiger partial charge in [0.1, 0.15) is 12.4 Å². The van der Waals surface area contributed by atoms with Gasteiger partial charge in [-0.15, -0.1) is 0 Å². The van der Waals surface area contributed by atoms with E-state index in [9.17, 15) is 9.59 Å². The SMILES string of the molecule is N=C(N)c1ccc(NCC#Cc2ccc(C(=O)N3CCCC3)c(COCC(=O)O)c2)cc1. The summed E-state index contributed by atoms with van der Waals surface area (Å²) in [5.74, 6) is 4.99. The highest BCUT2D eigenvalue weighted by molar-refractivity contribution is 5.96. The first-order chi connectivity index (χ1) is 15.4. The molecule has 1 aliphatic rings. The average Bonchev–Trinajstić information content (AvgIpc) is 3.31. The largest absolute Gasteiger partial charge is 0.480 e. The van der Waals surface area contributed by atoms with Gasteiger partial charge < -0.3 is 25.8 Å². The average molecular weight is 434 g/mol. The number of carbonyl (C=O) groups is 2. The van der Waals surface area contributed by atoms with Crippen molar-refractivity contribution in [2.24, 2.45) is 5.73 Å². The number of carbonyl (C=O) groups excluding carboxylic acids is 1. The Kier molecular flexibility index (Phi) is 7.84. The Hall–Kier alpha value is -3.83. The van der Waals surface area contributed by atoms with Crippen LogP contribution >= 0.6 is 0 Å². The summed E-state index contributed by atoms with van der Waals surface area (Å²) < 4.78 is 5.24. The number of nitrogens with two attached hydrogens (primary N) is 1. The quantitative estimate of drug-likeness (QED) is 0.287. The molecule has 166 valence electrons. The van der Waals surface area contributed by atoms with Gasteiger partial charge in [0.05, 0.1) is 13.2 Å². The number of likely N-dealkylation sites (tertiary alicyclic amines) is 1. The van der Waals surface area contributed by atoms with Gasteiger partial charge in [-0.2, -0.15) is 0 Å². The number of nitrogens with zero attached hydrogens (tertiary/aromatic N) is 1. The number of carboxylic acids is 1. The smallest absolute Gasteiger partial charge is 0.329 e. The summed E-state index contributed by atoms with van der Waals surface area (Å²) in [4.78, 5) is 25.4. The third kappa shape index (κ3) is 6.33. The van der Waals surface area contributed by atoms with Crippen molar-refractivity contribution in [3.05, 3.63) is 64.7 Å². The van der Waals surface area contributed by atoms with Gasteiger partial charge in [-0.05, 0) is 60.9 Å². The summed E-state index contributed by atoms with van der Waals surface area (Å²) in [6.07, 6.45) is 1.98. The molecule has 1 aliphatic heterocycles. The molecular formula is C24H26N4O4. The van der Waals surface area contributed by atoms with Crippen LogP contribution in [0.25, 0.3) is 0 Å². The van der Waals surface area contributed by atoms with Crippen molar-refractivity contribution < 1.29 is 19.4 Å². The standard InChI is InChI=1S/C24H26N4O4/c25-23(26)18-6-8-20(9-7-18)27-11-3-4-17-5-10-21(24(31)28-12-1-2-13-28)19(14-17)15-32-16-22(29)30/h5-10,14,27H,1-2,11-13,15-16H2,(H3,25,26)(H,29,30). The zero-order valence-electron chi connectivity index (χ0n) is 17.7. The highest BCUT2D eigenvalue weighted by Gasteiger charge is 2.22. The first kappa shape index (κ1) is 22.8. The van der Waals surface area contributed by atoms with Gasteiger partial charge >= 0.3 is 5.97 Å². The van der Waals surface area contributed by atoms with Crippen LogP contribution in [0.15, 0.2) is 42.5 Å². The van der Waals surface area contributed by atoms with Crippen molar-refractivity contribution in [3.63, 3.8) is 0 Å². The number of rotatable bonds is 8. The van der Waals surface area contributed by atoms with Crippen LogP contribution in [0.1, 0.15) is 39.9 Å². The topological polar surface area (TPSA) is 129 Å². The van der Waals surface area contributed by atoms with Gasteiger partial charge in [-0.1, -0.05) is 11.8 Å². The van der Waals surface area contributed by atoms with E-state index in [0.717, 1.165) is 31.6 Å². The molecule has 5 N–H and O–H groups in total. The van der Waals surface area contributed by atoms with Crippen molar-refractivity contribution in [2.45, 2.75) is 19.4 Å². The fraction of sp³-hybridized carbons (Fsp3) is 0.292.